The van der Waals surface area contributed by atoms with Crippen LogP contribution in [-0.2, 0) is 7.05 Å². The molecule has 0 unspecified atom stereocenters. The molecule has 11 heteroatoms. The van der Waals surface area contributed by atoms with Crippen LogP contribution in [0.15, 0.2) is 34.9 Å². The highest BCUT2D eigenvalue weighted by atomic mass is 19.4. The van der Waals surface area contributed by atoms with E-state index < -0.39 is 24.2 Å². The van der Waals surface area contributed by atoms with Gasteiger partial charge in [-0.2, -0.15) is 23.4 Å². The third kappa shape index (κ3) is 3.30. The fourth-order valence-corrected chi connectivity index (χ4v) is 4.54. The van der Waals surface area contributed by atoms with E-state index in [9.17, 15) is 18.0 Å². The number of nitrogens with zero attached hydrogens (tertiary/aromatic N) is 6. The average molecular weight is 458 g/mol. The van der Waals surface area contributed by atoms with Crippen molar-refractivity contribution in [3.8, 4) is 11.5 Å². The van der Waals surface area contributed by atoms with Crippen LogP contribution in [0.1, 0.15) is 41.1 Å². The van der Waals surface area contributed by atoms with Gasteiger partial charge in [0.1, 0.15) is 11.5 Å². The van der Waals surface area contributed by atoms with E-state index in [2.05, 4.69) is 15.2 Å². The molecule has 0 fully saturated rings. The Bertz CT molecular complexity index is 1370. The molecule has 0 spiro atoms. The van der Waals surface area contributed by atoms with Crippen molar-refractivity contribution in [3.63, 3.8) is 0 Å². The molecule has 0 aliphatic carbocycles. The van der Waals surface area contributed by atoms with Gasteiger partial charge in [0, 0.05) is 19.2 Å². The molecule has 172 valence electrons. The van der Waals surface area contributed by atoms with Gasteiger partial charge in [0.05, 0.1) is 28.6 Å². The first kappa shape index (κ1) is 21.2. The zero-order chi connectivity index (χ0) is 23.7. The summed E-state index contributed by atoms with van der Waals surface area (Å²) in [4.78, 5) is 19.9. The number of anilines is 1. The van der Waals surface area contributed by atoms with Crippen LogP contribution in [-0.4, -0.2) is 42.7 Å². The summed E-state index contributed by atoms with van der Waals surface area (Å²) in [5.74, 6) is 0.139. The monoisotopic (exact) mass is 458 g/mol. The van der Waals surface area contributed by atoms with E-state index in [0.29, 0.717) is 39.4 Å². The number of aromatic nitrogens is 5. The Labute approximate surface area is 186 Å². The summed E-state index contributed by atoms with van der Waals surface area (Å²) in [6.45, 7) is 4.99. The predicted molar refractivity (Wildman–Crippen MR) is 114 cm³/mol. The number of fused-ring (bicyclic) bond motifs is 2. The Balaban J connectivity index is 1.70. The highest BCUT2D eigenvalue weighted by molar-refractivity contribution is 6.14. The largest absolute Gasteiger partial charge is 0.463 e. The van der Waals surface area contributed by atoms with Gasteiger partial charge in [0.2, 0.25) is 0 Å². The van der Waals surface area contributed by atoms with Gasteiger partial charge in [-0.05, 0) is 45.4 Å². The van der Waals surface area contributed by atoms with Crippen molar-refractivity contribution in [2.75, 3.05) is 4.90 Å². The second-order valence-corrected chi connectivity index (χ2v) is 8.35. The highest BCUT2D eigenvalue weighted by Crippen LogP contribution is 2.43. The summed E-state index contributed by atoms with van der Waals surface area (Å²) in [5.41, 5.74) is 2.20. The van der Waals surface area contributed by atoms with Gasteiger partial charge in [0.25, 0.3) is 5.91 Å². The maximum absolute atomic E-state index is 13.9. The van der Waals surface area contributed by atoms with Crippen LogP contribution in [0.3, 0.4) is 0 Å². The zero-order valence-electron chi connectivity index (χ0n) is 18.4. The van der Waals surface area contributed by atoms with E-state index in [-0.39, 0.29) is 12.2 Å². The summed E-state index contributed by atoms with van der Waals surface area (Å²) < 4.78 is 49.2. The number of carbonyl (C=O) groups is 1. The minimum absolute atomic E-state index is 0.115. The molecule has 0 bridgehead atoms. The standard InChI is InChI=1S/C22H21F3N6O2/c1-11-8-18-30(12(2)9-17(22(23,24)25)31(18)27-11)21(32)14-10-15(16-6-5-7-33-16)26-20-19(14)13(3)28-29(20)4/h5-8,10,12,17H,9H2,1-4H3/t12-,17-/m0/s1. The molecule has 0 saturated heterocycles. The molecule has 0 aromatic carbocycles. The van der Waals surface area contributed by atoms with E-state index >= 15 is 0 Å². The van der Waals surface area contributed by atoms with Crippen molar-refractivity contribution in [3.05, 3.63) is 47.5 Å². The molecule has 5 rings (SSSR count). The van der Waals surface area contributed by atoms with Gasteiger partial charge in [0.15, 0.2) is 17.4 Å². The minimum Gasteiger partial charge on any atom is -0.463 e. The maximum atomic E-state index is 13.9. The van der Waals surface area contributed by atoms with E-state index in [1.807, 2.05) is 0 Å². The van der Waals surface area contributed by atoms with E-state index in [1.54, 1.807) is 50.7 Å². The number of amides is 1. The molecule has 0 N–H and O–H groups in total. The smallest absolute Gasteiger partial charge is 0.410 e. The zero-order valence-corrected chi connectivity index (χ0v) is 18.4. The van der Waals surface area contributed by atoms with Crippen LogP contribution in [0, 0.1) is 13.8 Å². The van der Waals surface area contributed by atoms with Crippen molar-refractivity contribution in [2.45, 2.75) is 45.5 Å². The summed E-state index contributed by atoms with van der Waals surface area (Å²) in [6, 6.07) is 4.04. The second-order valence-electron chi connectivity index (χ2n) is 8.35. The molecule has 33 heavy (non-hydrogen) atoms. The molecule has 5 heterocycles. The fraction of sp³-hybridized carbons (Fsp3) is 0.364. The average Bonchev–Trinajstić information content (AvgIpc) is 3.45. The Morgan fingerprint density at radius 3 is 2.64 bits per heavy atom. The van der Waals surface area contributed by atoms with Crippen molar-refractivity contribution >= 4 is 22.8 Å². The third-order valence-electron chi connectivity index (χ3n) is 5.95. The lowest BCUT2D eigenvalue weighted by Gasteiger charge is -2.38. The van der Waals surface area contributed by atoms with Crippen LogP contribution in [0.5, 0.6) is 0 Å². The van der Waals surface area contributed by atoms with Crippen LogP contribution in [0.25, 0.3) is 22.5 Å². The summed E-state index contributed by atoms with van der Waals surface area (Å²) in [7, 11) is 1.72. The quantitative estimate of drug-likeness (QED) is 0.439. The van der Waals surface area contributed by atoms with Crippen molar-refractivity contribution in [1.82, 2.24) is 24.5 Å². The number of furan rings is 1. The molecule has 1 amide bonds. The number of halogens is 3. The summed E-state index contributed by atoms with van der Waals surface area (Å²) in [6.07, 6.45) is -3.27. The lowest BCUT2D eigenvalue weighted by atomic mass is 10.0. The Morgan fingerprint density at radius 1 is 1.21 bits per heavy atom. The fourth-order valence-electron chi connectivity index (χ4n) is 4.54. The van der Waals surface area contributed by atoms with Crippen LogP contribution >= 0.6 is 0 Å². The lowest BCUT2D eigenvalue weighted by molar-refractivity contribution is -0.174. The molecule has 0 radical (unpaired) electrons. The first-order chi connectivity index (χ1) is 15.6. The van der Waals surface area contributed by atoms with Crippen molar-refractivity contribution in [1.29, 1.82) is 0 Å². The first-order valence-corrected chi connectivity index (χ1v) is 10.4. The normalized spacial score (nSPS) is 18.7. The topological polar surface area (TPSA) is 82.0 Å². The minimum atomic E-state index is -4.48. The molecule has 4 aromatic heterocycles. The molecule has 1 aliphatic rings. The molecule has 8 nitrogen and oxygen atoms in total. The van der Waals surface area contributed by atoms with Gasteiger partial charge >= 0.3 is 6.18 Å². The number of hydrogen-bond donors (Lipinski definition) is 0. The van der Waals surface area contributed by atoms with E-state index in [4.69, 9.17) is 4.42 Å². The highest BCUT2D eigenvalue weighted by Gasteiger charge is 2.48. The van der Waals surface area contributed by atoms with Crippen LogP contribution in [0.4, 0.5) is 19.0 Å². The first-order valence-electron chi connectivity index (χ1n) is 10.4. The van der Waals surface area contributed by atoms with E-state index in [0.717, 1.165) is 4.68 Å². The molecular weight excluding hydrogens is 437 g/mol. The second kappa shape index (κ2) is 7.19. The molecule has 0 saturated carbocycles. The van der Waals surface area contributed by atoms with Gasteiger partial charge in [-0.1, -0.05) is 0 Å². The Hall–Kier alpha value is -3.63. The SMILES string of the molecule is Cc1cc2n(n1)[C@H](C(F)(F)F)C[C@H](C)N2C(=O)c1cc(-c2ccco2)nc2c1c(C)nn2C. The van der Waals surface area contributed by atoms with Gasteiger partial charge in [-0.3, -0.25) is 14.4 Å². The molecular formula is C22H21F3N6O2. The molecule has 4 aromatic rings. The third-order valence-corrected chi connectivity index (χ3v) is 5.95. The number of aryl methyl sites for hydroxylation is 3. The van der Waals surface area contributed by atoms with E-state index in [1.165, 1.54) is 17.2 Å². The van der Waals surface area contributed by atoms with Crippen molar-refractivity contribution in [2.24, 2.45) is 7.05 Å². The van der Waals surface area contributed by atoms with Crippen LogP contribution in [0.2, 0.25) is 0 Å². The summed E-state index contributed by atoms with van der Waals surface area (Å²) in [5, 5.41) is 9.01. The predicted octanol–water partition coefficient (Wildman–Crippen LogP) is 4.58. The summed E-state index contributed by atoms with van der Waals surface area (Å²) >= 11 is 0. The van der Waals surface area contributed by atoms with Gasteiger partial charge < -0.3 is 4.42 Å². The number of alkyl halides is 3. The van der Waals surface area contributed by atoms with Gasteiger partial charge in [-0.15, -0.1) is 0 Å². The molecule has 2 atom stereocenters. The number of rotatable bonds is 2. The number of pyridine rings is 1. The van der Waals surface area contributed by atoms with Gasteiger partial charge in [-0.25, -0.2) is 9.67 Å². The Morgan fingerprint density at radius 2 is 1.97 bits per heavy atom. The van der Waals surface area contributed by atoms with Crippen molar-refractivity contribution < 1.29 is 22.4 Å². The number of carbonyl (C=O) groups excluding carboxylic acids is 1. The maximum Gasteiger partial charge on any atom is 0.410 e. The number of hydrogen-bond acceptors (Lipinski definition) is 5. The molecule has 1 aliphatic heterocycles. The lowest BCUT2D eigenvalue weighted by Crippen LogP contribution is -2.48. The van der Waals surface area contributed by atoms with Crippen LogP contribution < -0.4 is 4.90 Å². The Kier molecular flexibility index (Phi) is 4.62.